The monoisotopic (exact) mass is 502 g/mol. The number of benzene rings is 2. The number of nitrogens with one attached hydrogen (secondary N) is 3. The van der Waals surface area contributed by atoms with Gasteiger partial charge in [0.1, 0.15) is 29.7 Å². The van der Waals surface area contributed by atoms with E-state index in [1.54, 1.807) is 6.07 Å². The number of carbonyl (C=O) groups excluding carboxylic acids is 1. The van der Waals surface area contributed by atoms with Gasteiger partial charge in [-0.25, -0.2) is 15.0 Å². The normalized spacial score (nSPS) is 11.6. The summed E-state index contributed by atoms with van der Waals surface area (Å²) in [5.74, 6) is 0.522. The maximum Gasteiger partial charge on any atom is 0.255 e. The topological polar surface area (TPSA) is 145 Å². The number of fused-ring (bicyclic) bond motifs is 1. The molecule has 2 aromatic carbocycles. The molecule has 188 valence electrons. The van der Waals surface area contributed by atoms with E-state index >= 15 is 0 Å². The molecule has 1 amide bonds. The molecule has 0 unspecified atom stereocenters. The fourth-order valence-electron chi connectivity index (χ4n) is 4.26. The molecule has 0 saturated heterocycles. The van der Waals surface area contributed by atoms with E-state index in [0.717, 1.165) is 33.2 Å². The van der Waals surface area contributed by atoms with Crippen LogP contribution in [0.25, 0.3) is 22.2 Å². The van der Waals surface area contributed by atoms with Crippen molar-refractivity contribution >= 4 is 28.6 Å². The second-order valence-corrected chi connectivity index (χ2v) is 9.07. The number of nitrogens with zero attached hydrogens (tertiary/aromatic N) is 4. The number of amides is 1. The molecule has 0 bridgehead atoms. The van der Waals surface area contributed by atoms with Crippen LogP contribution in [0.2, 0.25) is 0 Å². The Kier molecular flexibility index (Phi) is 6.70. The molecule has 0 aliphatic carbocycles. The van der Waals surface area contributed by atoms with E-state index in [9.17, 15) is 10.1 Å². The third-order valence-corrected chi connectivity index (χ3v) is 6.41. The molecule has 9 heteroatoms. The van der Waals surface area contributed by atoms with Crippen molar-refractivity contribution in [2.45, 2.75) is 26.4 Å². The van der Waals surface area contributed by atoms with Gasteiger partial charge in [0, 0.05) is 24.5 Å². The smallest absolute Gasteiger partial charge is 0.255 e. The molecule has 0 aliphatic heterocycles. The molecule has 0 radical (unpaired) electrons. The first-order valence-corrected chi connectivity index (χ1v) is 12.1. The first-order valence-electron chi connectivity index (χ1n) is 12.1. The molecule has 9 nitrogen and oxygen atoms in total. The summed E-state index contributed by atoms with van der Waals surface area (Å²) in [5.41, 5.74) is 12.4. The van der Waals surface area contributed by atoms with Crippen LogP contribution in [0.1, 0.15) is 45.6 Å². The van der Waals surface area contributed by atoms with Crippen molar-refractivity contribution in [2.75, 3.05) is 11.1 Å². The average Bonchev–Trinajstić information content (AvgIpc) is 3.38. The molecule has 5 N–H and O–H groups in total. The summed E-state index contributed by atoms with van der Waals surface area (Å²) in [4.78, 5) is 29.0. The van der Waals surface area contributed by atoms with Crippen molar-refractivity contribution in [1.29, 1.82) is 5.26 Å². The highest BCUT2D eigenvalue weighted by Crippen LogP contribution is 2.30. The number of aryl methyl sites for hydroxylation is 1. The molecule has 3 aromatic heterocycles. The molecule has 1 atom stereocenters. The van der Waals surface area contributed by atoms with Gasteiger partial charge in [-0.2, -0.15) is 5.26 Å². The molecule has 5 rings (SSSR count). The van der Waals surface area contributed by atoms with Crippen molar-refractivity contribution < 1.29 is 4.79 Å². The number of anilines is 2. The first-order chi connectivity index (χ1) is 18.4. The van der Waals surface area contributed by atoms with Crippen LogP contribution in [-0.2, 0) is 6.54 Å². The van der Waals surface area contributed by atoms with E-state index in [0.29, 0.717) is 35.0 Å². The van der Waals surface area contributed by atoms with Crippen LogP contribution in [0.4, 0.5) is 11.6 Å². The maximum atomic E-state index is 13.2. The Bertz CT molecular complexity index is 1650. The number of aromatic amines is 1. The van der Waals surface area contributed by atoms with E-state index in [2.05, 4.69) is 36.6 Å². The van der Waals surface area contributed by atoms with Crippen LogP contribution in [0.15, 0.2) is 73.3 Å². The third kappa shape index (κ3) is 5.01. The Morgan fingerprint density at radius 1 is 1.11 bits per heavy atom. The van der Waals surface area contributed by atoms with Crippen molar-refractivity contribution in [3.8, 4) is 17.2 Å². The van der Waals surface area contributed by atoms with Crippen LogP contribution in [0.5, 0.6) is 0 Å². The van der Waals surface area contributed by atoms with Crippen molar-refractivity contribution in [1.82, 2.24) is 25.3 Å². The number of aromatic nitrogens is 4. The fraction of sp³-hybridized carbons (Fsp3) is 0.138. The van der Waals surface area contributed by atoms with Crippen LogP contribution in [0, 0.1) is 18.3 Å². The number of nitrogens with two attached hydrogens (primary N) is 1. The van der Waals surface area contributed by atoms with Crippen LogP contribution in [0.3, 0.4) is 0 Å². The fourth-order valence-corrected chi connectivity index (χ4v) is 4.26. The highest BCUT2D eigenvalue weighted by Gasteiger charge is 2.17. The summed E-state index contributed by atoms with van der Waals surface area (Å²) in [6, 6.07) is 19.4. The van der Waals surface area contributed by atoms with E-state index < -0.39 is 0 Å². The van der Waals surface area contributed by atoms with E-state index in [1.807, 2.05) is 68.6 Å². The Morgan fingerprint density at radius 3 is 2.61 bits per heavy atom. The third-order valence-electron chi connectivity index (χ3n) is 6.41. The largest absolute Gasteiger partial charge is 0.383 e. The van der Waals surface area contributed by atoms with Gasteiger partial charge in [-0.15, -0.1) is 0 Å². The second-order valence-electron chi connectivity index (χ2n) is 9.07. The Labute approximate surface area is 219 Å². The van der Waals surface area contributed by atoms with Crippen molar-refractivity contribution in [3.63, 3.8) is 0 Å². The number of hydrogen-bond acceptors (Lipinski definition) is 7. The summed E-state index contributed by atoms with van der Waals surface area (Å²) in [6.07, 6.45) is 4.75. The highest BCUT2D eigenvalue weighted by molar-refractivity contribution is 6.00. The first kappa shape index (κ1) is 24.5. The van der Waals surface area contributed by atoms with Crippen LogP contribution >= 0.6 is 0 Å². The molecule has 0 aliphatic rings. The molecule has 5 aromatic rings. The maximum absolute atomic E-state index is 13.2. The lowest BCUT2D eigenvalue weighted by molar-refractivity contribution is 0.0940. The summed E-state index contributed by atoms with van der Waals surface area (Å²) >= 11 is 0. The predicted octanol–water partition coefficient (Wildman–Crippen LogP) is 4.89. The number of H-pyrrole nitrogens is 1. The molecule has 0 saturated carbocycles. The molecule has 38 heavy (non-hydrogen) atoms. The van der Waals surface area contributed by atoms with E-state index in [4.69, 9.17) is 5.73 Å². The van der Waals surface area contributed by atoms with Crippen LogP contribution < -0.4 is 16.4 Å². The molecule has 0 spiro atoms. The lowest BCUT2D eigenvalue weighted by atomic mass is 10.0. The minimum absolute atomic E-state index is 0.210. The standard InChI is InChI=1S/C29H26N8O/c1-17-3-7-21(8-4-17)18(2)37-29(38)23-11-20(12-30)14-33-27(23)32-13-19-5-9-22(10-6-19)24-15-34-28-25(24)26(31)35-16-36-28/h3-11,14-16,18H,13H2,1-2H3,(H,32,33)(H,37,38)(H3,31,34,35,36)/t18-/m0/s1. The van der Waals surface area contributed by atoms with Crippen molar-refractivity contribution in [3.05, 3.63) is 101 Å². The summed E-state index contributed by atoms with van der Waals surface area (Å²) in [5, 5.41) is 16.4. The van der Waals surface area contributed by atoms with E-state index in [-0.39, 0.29) is 11.9 Å². The summed E-state index contributed by atoms with van der Waals surface area (Å²) in [6.45, 7) is 4.38. The van der Waals surface area contributed by atoms with E-state index in [1.165, 1.54) is 12.5 Å². The number of carbonyl (C=O) groups is 1. The number of rotatable bonds is 7. The van der Waals surface area contributed by atoms with Gasteiger partial charge < -0.3 is 21.4 Å². The lowest BCUT2D eigenvalue weighted by Gasteiger charge is -2.17. The van der Waals surface area contributed by atoms with Gasteiger partial charge in [0.15, 0.2) is 0 Å². The molecular formula is C29H26N8O. The van der Waals surface area contributed by atoms with Gasteiger partial charge in [0.25, 0.3) is 5.91 Å². The highest BCUT2D eigenvalue weighted by atomic mass is 16.1. The Morgan fingerprint density at radius 2 is 1.87 bits per heavy atom. The minimum Gasteiger partial charge on any atom is -0.383 e. The molecule has 3 heterocycles. The van der Waals surface area contributed by atoms with Gasteiger partial charge in [0.05, 0.1) is 22.6 Å². The van der Waals surface area contributed by atoms with Gasteiger partial charge >= 0.3 is 0 Å². The zero-order valence-electron chi connectivity index (χ0n) is 21.0. The quantitative estimate of drug-likeness (QED) is 0.248. The number of pyridine rings is 1. The Balaban J connectivity index is 1.32. The average molecular weight is 503 g/mol. The molecular weight excluding hydrogens is 476 g/mol. The lowest BCUT2D eigenvalue weighted by Crippen LogP contribution is -2.28. The number of nitriles is 1. The SMILES string of the molecule is Cc1ccc([C@H](C)NC(=O)c2cc(C#N)cnc2NCc2ccc(-c3c[nH]c4ncnc(N)c34)cc2)cc1. The van der Waals surface area contributed by atoms with Gasteiger partial charge in [-0.1, -0.05) is 54.1 Å². The summed E-state index contributed by atoms with van der Waals surface area (Å²) < 4.78 is 0. The zero-order chi connectivity index (χ0) is 26.6. The second kappa shape index (κ2) is 10.4. The van der Waals surface area contributed by atoms with Gasteiger partial charge in [0.2, 0.25) is 0 Å². The van der Waals surface area contributed by atoms with Crippen LogP contribution in [-0.4, -0.2) is 25.8 Å². The summed E-state index contributed by atoms with van der Waals surface area (Å²) in [7, 11) is 0. The Hall–Kier alpha value is -5.23. The zero-order valence-corrected chi connectivity index (χ0v) is 21.0. The minimum atomic E-state index is -0.306. The van der Waals surface area contributed by atoms with Gasteiger partial charge in [-0.05, 0) is 36.6 Å². The van der Waals surface area contributed by atoms with Crippen molar-refractivity contribution in [2.24, 2.45) is 0 Å². The van der Waals surface area contributed by atoms with Gasteiger partial charge in [-0.3, -0.25) is 4.79 Å². The molecule has 0 fully saturated rings. The number of nitrogen functional groups attached to an aromatic ring is 1. The number of hydrogen-bond donors (Lipinski definition) is 4. The predicted molar refractivity (Wildman–Crippen MR) is 147 cm³/mol.